The van der Waals surface area contributed by atoms with E-state index in [9.17, 15) is 9.90 Å². The van der Waals surface area contributed by atoms with Gasteiger partial charge in [0.1, 0.15) is 0 Å². The molecule has 0 fully saturated rings. The molecule has 2 aromatic rings. The monoisotopic (exact) mass is 367 g/mol. The number of aliphatic carboxylic acids is 1. The highest BCUT2D eigenvalue weighted by Gasteiger charge is 2.10. The molecule has 1 aromatic carbocycles. The minimum Gasteiger partial charge on any atom is -0.478 e. The van der Waals surface area contributed by atoms with Crippen molar-refractivity contribution in [3.05, 3.63) is 89.4 Å². The number of allylic oxidation sites excluding steroid dienone is 3. The Morgan fingerprint density at radius 1 is 1.31 bits per heavy atom. The second kappa shape index (κ2) is 9.34. The third-order valence-corrected chi connectivity index (χ3v) is 3.61. The Kier molecular flexibility index (Phi) is 6.88. The van der Waals surface area contributed by atoms with Crippen molar-refractivity contribution >= 4 is 35.2 Å². The highest BCUT2D eigenvalue weighted by Crippen LogP contribution is 2.30. The van der Waals surface area contributed by atoms with Crippen LogP contribution in [0.2, 0.25) is 5.02 Å². The number of hydrogen-bond acceptors (Lipinski definition) is 4. The number of carboxylic acids is 1. The molecule has 5 nitrogen and oxygen atoms in total. The number of anilines is 1. The lowest BCUT2D eigenvalue weighted by atomic mass is 10.1. The molecule has 1 heterocycles. The van der Waals surface area contributed by atoms with Crippen LogP contribution in [-0.2, 0) is 4.79 Å². The third-order valence-electron chi connectivity index (χ3n) is 3.37. The van der Waals surface area contributed by atoms with Crippen LogP contribution in [0, 0.1) is 0 Å². The summed E-state index contributed by atoms with van der Waals surface area (Å²) < 4.78 is 0. The first-order valence-corrected chi connectivity index (χ1v) is 8.13. The van der Waals surface area contributed by atoms with Crippen LogP contribution in [-0.4, -0.2) is 22.3 Å². The largest absolute Gasteiger partial charge is 0.478 e. The zero-order chi connectivity index (χ0) is 18.9. The van der Waals surface area contributed by atoms with Gasteiger partial charge in [0.05, 0.1) is 16.9 Å². The first kappa shape index (κ1) is 19.1. The van der Waals surface area contributed by atoms with Gasteiger partial charge >= 0.3 is 5.97 Å². The molecule has 0 unspecified atom stereocenters. The molecule has 6 heteroatoms. The molecular formula is C20H18ClN3O2. The van der Waals surface area contributed by atoms with E-state index in [1.807, 2.05) is 12.1 Å². The first-order chi connectivity index (χ1) is 12.5. The van der Waals surface area contributed by atoms with Gasteiger partial charge in [0, 0.05) is 29.3 Å². The molecular weight excluding hydrogens is 350 g/mol. The first-order valence-electron chi connectivity index (χ1n) is 7.75. The Morgan fingerprint density at radius 2 is 2.04 bits per heavy atom. The zero-order valence-corrected chi connectivity index (χ0v) is 14.9. The van der Waals surface area contributed by atoms with Crippen molar-refractivity contribution in [2.45, 2.75) is 6.92 Å². The number of benzene rings is 1. The Balaban J connectivity index is 2.37. The topological polar surface area (TPSA) is 74.6 Å². The van der Waals surface area contributed by atoms with E-state index in [0.717, 1.165) is 5.56 Å². The number of hydrogen-bond donors (Lipinski definition) is 2. The van der Waals surface area contributed by atoms with Crippen LogP contribution >= 0.6 is 11.6 Å². The third kappa shape index (κ3) is 5.43. The average Bonchev–Trinajstić information content (AvgIpc) is 2.63. The molecule has 26 heavy (non-hydrogen) atoms. The van der Waals surface area contributed by atoms with Gasteiger partial charge in [0.25, 0.3) is 0 Å². The van der Waals surface area contributed by atoms with E-state index in [1.165, 1.54) is 12.2 Å². The summed E-state index contributed by atoms with van der Waals surface area (Å²) in [5.41, 5.74) is 2.72. The second-order valence-corrected chi connectivity index (χ2v) is 5.70. The van der Waals surface area contributed by atoms with Gasteiger partial charge in [0.2, 0.25) is 0 Å². The number of aromatic nitrogens is 1. The van der Waals surface area contributed by atoms with Crippen LogP contribution in [0.15, 0.2) is 83.8 Å². The van der Waals surface area contributed by atoms with Crippen LogP contribution in [0.3, 0.4) is 0 Å². The fraction of sp³-hybridized carbons (Fsp3) is 0.0500. The van der Waals surface area contributed by atoms with E-state index in [1.54, 1.807) is 49.8 Å². The number of rotatable bonds is 7. The summed E-state index contributed by atoms with van der Waals surface area (Å²) in [6, 6.07) is 8.82. The molecule has 0 aliphatic rings. The summed E-state index contributed by atoms with van der Waals surface area (Å²) in [7, 11) is 0. The zero-order valence-electron chi connectivity index (χ0n) is 14.2. The summed E-state index contributed by atoms with van der Waals surface area (Å²) in [6.45, 7) is 5.23. The van der Waals surface area contributed by atoms with E-state index < -0.39 is 5.97 Å². The quantitative estimate of drug-likeness (QED) is 0.410. The van der Waals surface area contributed by atoms with Gasteiger partial charge in [-0.3, -0.25) is 9.98 Å². The molecule has 0 bridgehead atoms. The van der Waals surface area contributed by atoms with E-state index in [0.29, 0.717) is 22.1 Å². The van der Waals surface area contributed by atoms with Crippen LogP contribution < -0.4 is 5.32 Å². The molecule has 0 aliphatic heterocycles. The number of halogens is 1. The molecule has 0 radical (unpaired) electrons. The summed E-state index contributed by atoms with van der Waals surface area (Å²) in [5, 5.41) is 13.0. The van der Waals surface area contributed by atoms with Gasteiger partial charge in [-0.25, -0.2) is 4.79 Å². The fourth-order valence-corrected chi connectivity index (χ4v) is 2.27. The molecule has 1 aromatic heterocycles. The average molecular weight is 368 g/mol. The van der Waals surface area contributed by atoms with Gasteiger partial charge in [-0.2, -0.15) is 0 Å². The molecule has 2 N–H and O–H groups in total. The summed E-state index contributed by atoms with van der Waals surface area (Å²) in [4.78, 5) is 19.9. The Labute approximate surface area is 157 Å². The second-order valence-electron chi connectivity index (χ2n) is 5.26. The summed E-state index contributed by atoms with van der Waals surface area (Å²) in [6.07, 6.45) is 9.61. The van der Waals surface area contributed by atoms with Crippen molar-refractivity contribution in [1.82, 2.24) is 4.98 Å². The van der Waals surface area contributed by atoms with E-state index in [2.05, 4.69) is 21.9 Å². The maximum Gasteiger partial charge on any atom is 0.337 e. The predicted molar refractivity (Wildman–Crippen MR) is 106 cm³/mol. The minimum absolute atomic E-state index is 0.129. The number of carboxylic acid groups (broad SMARTS) is 1. The van der Waals surface area contributed by atoms with Crippen molar-refractivity contribution in [2.75, 3.05) is 5.32 Å². The van der Waals surface area contributed by atoms with Gasteiger partial charge in [-0.15, -0.1) is 0 Å². The Hall–Kier alpha value is -3.18. The molecule has 132 valence electrons. The van der Waals surface area contributed by atoms with Crippen LogP contribution in [0.1, 0.15) is 12.5 Å². The summed E-state index contributed by atoms with van der Waals surface area (Å²) in [5.74, 6) is -1.04. The minimum atomic E-state index is -1.04. The number of nitrogens with zero attached hydrogens (tertiary/aromatic N) is 2. The Bertz CT molecular complexity index is 887. The van der Waals surface area contributed by atoms with Gasteiger partial charge < -0.3 is 10.4 Å². The van der Waals surface area contributed by atoms with Crippen LogP contribution in [0.25, 0.3) is 0 Å². The number of pyridine rings is 1. The lowest BCUT2D eigenvalue weighted by Gasteiger charge is -2.12. The van der Waals surface area contributed by atoms with Crippen molar-refractivity contribution in [1.29, 1.82) is 0 Å². The molecule has 0 atom stereocenters. The standard InChI is InChI=1S/C20H18ClN3O2/c1-3-4-5-17(20(25)26)14(2)24-18-7-6-16(21)12-19(18)23-13-15-8-10-22-11-9-15/h3-13,24H,1H2,2H3,(H,25,26)/b5-4-,17-14-,23-13?. The van der Waals surface area contributed by atoms with Crippen molar-refractivity contribution < 1.29 is 9.90 Å². The van der Waals surface area contributed by atoms with Gasteiger partial charge in [-0.1, -0.05) is 30.3 Å². The van der Waals surface area contributed by atoms with E-state index >= 15 is 0 Å². The van der Waals surface area contributed by atoms with E-state index in [-0.39, 0.29) is 5.57 Å². The number of nitrogens with one attached hydrogen (secondary N) is 1. The summed E-state index contributed by atoms with van der Waals surface area (Å²) >= 11 is 6.08. The van der Waals surface area contributed by atoms with Crippen molar-refractivity contribution in [3.63, 3.8) is 0 Å². The Morgan fingerprint density at radius 3 is 2.69 bits per heavy atom. The maximum atomic E-state index is 11.4. The molecule has 0 saturated heterocycles. The SMILES string of the molecule is C=C/C=C\C(C(=O)O)=C(/C)Nc1ccc(Cl)cc1N=Cc1ccncc1. The maximum absolute atomic E-state index is 11.4. The van der Waals surface area contributed by atoms with E-state index in [4.69, 9.17) is 11.6 Å². The van der Waals surface area contributed by atoms with Crippen molar-refractivity contribution in [3.8, 4) is 0 Å². The lowest BCUT2D eigenvalue weighted by molar-refractivity contribution is -0.132. The molecule has 0 amide bonds. The predicted octanol–water partition coefficient (Wildman–Crippen LogP) is 5.00. The highest BCUT2D eigenvalue weighted by molar-refractivity contribution is 6.31. The van der Waals surface area contributed by atoms with Crippen molar-refractivity contribution in [2.24, 2.45) is 4.99 Å². The molecule has 0 aliphatic carbocycles. The number of aliphatic imine (C=N–C) groups is 1. The molecule has 0 saturated carbocycles. The van der Waals surface area contributed by atoms with Crippen LogP contribution in [0.5, 0.6) is 0 Å². The highest BCUT2D eigenvalue weighted by atomic mass is 35.5. The number of carbonyl (C=O) groups is 1. The fourth-order valence-electron chi connectivity index (χ4n) is 2.10. The normalized spacial score (nSPS) is 12.2. The van der Waals surface area contributed by atoms with Crippen LogP contribution in [0.4, 0.5) is 11.4 Å². The van der Waals surface area contributed by atoms with Gasteiger partial charge in [-0.05, 0) is 48.9 Å². The molecule has 0 spiro atoms. The molecule has 2 rings (SSSR count). The lowest BCUT2D eigenvalue weighted by Crippen LogP contribution is -2.07. The van der Waals surface area contributed by atoms with Gasteiger partial charge in [0.15, 0.2) is 0 Å². The smallest absolute Gasteiger partial charge is 0.337 e.